The van der Waals surface area contributed by atoms with Gasteiger partial charge in [-0.25, -0.2) is 0 Å². The molecule has 0 spiro atoms. The molecular weight excluding hydrogens is 281 g/mol. The molecule has 0 radical (unpaired) electrons. The van der Waals surface area contributed by atoms with Gasteiger partial charge in [0.25, 0.3) is 0 Å². The molecule has 2 rings (SSSR count). The van der Waals surface area contributed by atoms with Gasteiger partial charge < -0.3 is 5.32 Å². The fraction of sp³-hybridized carbons (Fsp3) is 0.353. The van der Waals surface area contributed by atoms with Gasteiger partial charge in [0.15, 0.2) is 0 Å². The Bertz CT molecular complexity index is 591. The van der Waals surface area contributed by atoms with Gasteiger partial charge in [0.2, 0.25) is 4.73 Å². The lowest BCUT2D eigenvalue weighted by atomic mass is 10.1. The van der Waals surface area contributed by atoms with Gasteiger partial charge in [0.1, 0.15) is 0 Å². The largest absolute Gasteiger partial charge is 0.317 e. The van der Waals surface area contributed by atoms with Crippen LogP contribution in [0.15, 0.2) is 42.5 Å². The van der Waals surface area contributed by atoms with Gasteiger partial charge in [-0.15, -0.1) is 0 Å². The zero-order valence-corrected chi connectivity index (χ0v) is 14.2. The molecule has 0 unspecified atom stereocenters. The fourth-order valence-electron chi connectivity index (χ4n) is 2.67. The summed E-state index contributed by atoms with van der Waals surface area (Å²) in [6.45, 7) is 6.83. The predicted molar refractivity (Wildman–Crippen MR) is 98.7 cm³/mol. The first kappa shape index (κ1) is 15.4. The van der Waals surface area contributed by atoms with Crippen LogP contribution in [0.4, 0.5) is 5.69 Å². The van der Waals surface area contributed by atoms with Crippen LogP contribution < -0.4 is 5.32 Å². The van der Waals surface area contributed by atoms with E-state index in [-0.39, 0.29) is 0 Å². The average molecular weight is 304 g/mol. The zero-order valence-electron chi connectivity index (χ0n) is 12.5. The quantitative estimate of drug-likeness (QED) is 0.569. The van der Waals surface area contributed by atoms with Gasteiger partial charge in [-0.3, -0.25) is 0 Å². The second-order valence-electron chi connectivity index (χ2n) is 5.05. The lowest BCUT2D eigenvalue weighted by molar-refractivity contribution is 1.33. The fourth-order valence-corrected chi connectivity index (χ4v) is 6.50. The summed E-state index contributed by atoms with van der Waals surface area (Å²) >= 11 is 5.77. The number of hydrogen-bond donors (Lipinski definition) is 1. The molecule has 0 aliphatic rings. The molecule has 106 valence electrons. The van der Waals surface area contributed by atoms with E-state index in [0.717, 1.165) is 10.4 Å². The van der Waals surface area contributed by atoms with Crippen LogP contribution in [-0.4, -0.2) is 23.2 Å². The van der Waals surface area contributed by atoms with Crippen LogP contribution in [-0.2, 0) is 0 Å². The van der Waals surface area contributed by atoms with Crippen LogP contribution >= 0.6 is 19.5 Å². The van der Waals surface area contributed by atoms with Crippen LogP contribution in [0.3, 0.4) is 0 Å². The second kappa shape index (κ2) is 6.65. The summed E-state index contributed by atoms with van der Waals surface area (Å²) in [5.41, 5.74) is 1.15. The molecule has 0 heterocycles. The lowest BCUT2D eigenvalue weighted by Gasteiger charge is -2.24. The third kappa shape index (κ3) is 2.87. The molecule has 1 N–H and O–H groups in total. The maximum atomic E-state index is 5.77. The number of thiocarbonyl (C=S) groups is 1. The smallest absolute Gasteiger partial charge is 0.225 e. The number of hydrogen-bond acceptors (Lipinski definition) is 1. The molecule has 20 heavy (non-hydrogen) atoms. The molecule has 0 amide bonds. The van der Waals surface area contributed by atoms with Crippen molar-refractivity contribution in [3.05, 3.63) is 42.5 Å². The Morgan fingerprint density at radius 3 is 2.20 bits per heavy atom. The molecule has 3 heteroatoms. The van der Waals surface area contributed by atoms with Crippen LogP contribution in [0, 0.1) is 0 Å². The Morgan fingerprint density at radius 2 is 1.55 bits per heavy atom. The van der Waals surface area contributed by atoms with Gasteiger partial charge in [-0.05, 0) is 44.4 Å². The van der Waals surface area contributed by atoms with Crippen molar-refractivity contribution < 1.29 is 0 Å². The molecule has 2 aromatic rings. The van der Waals surface area contributed by atoms with E-state index in [1.807, 2.05) is 0 Å². The standard InChI is InChI=1S/C17H22NPS/c1-4-19(5-2,6-3)17(20)18-16-13-9-11-14-10-7-8-12-15(14)16/h7-13H,4-6H2,1-3H3/p+1. The van der Waals surface area contributed by atoms with E-state index in [1.165, 1.54) is 29.3 Å². The number of fused-ring (bicyclic) bond motifs is 1. The highest BCUT2D eigenvalue weighted by Gasteiger charge is 2.37. The van der Waals surface area contributed by atoms with Crippen molar-refractivity contribution in [2.24, 2.45) is 0 Å². The minimum atomic E-state index is -1.15. The Labute approximate surface area is 128 Å². The van der Waals surface area contributed by atoms with Crippen LogP contribution in [0.2, 0.25) is 0 Å². The highest BCUT2D eigenvalue weighted by Crippen LogP contribution is 2.59. The van der Waals surface area contributed by atoms with E-state index in [2.05, 4.69) is 68.6 Å². The molecule has 0 bridgehead atoms. The van der Waals surface area contributed by atoms with Gasteiger partial charge in [0, 0.05) is 11.1 Å². The van der Waals surface area contributed by atoms with E-state index in [9.17, 15) is 0 Å². The summed E-state index contributed by atoms with van der Waals surface area (Å²) in [5.74, 6) is 0. The van der Waals surface area contributed by atoms with Gasteiger partial charge in [-0.1, -0.05) is 36.4 Å². The van der Waals surface area contributed by atoms with E-state index in [4.69, 9.17) is 12.2 Å². The van der Waals surface area contributed by atoms with Gasteiger partial charge in [-0.2, -0.15) is 0 Å². The number of nitrogens with one attached hydrogen (secondary N) is 1. The summed E-state index contributed by atoms with van der Waals surface area (Å²) in [4.78, 5) is 0. The molecule has 0 aromatic heterocycles. The maximum absolute atomic E-state index is 5.77. The number of rotatable bonds is 5. The van der Waals surface area contributed by atoms with Crippen LogP contribution in [0.1, 0.15) is 20.8 Å². The average Bonchev–Trinajstić information content (AvgIpc) is 2.50. The van der Waals surface area contributed by atoms with Crippen molar-refractivity contribution in [3.63, 3.8) is 0 Å². The van der Waals surface area contributed by atoms with Crippen molar-refractivity contribution in [2.45, 2.75) is 20.8 Å². The van der Waals surface area contributed by atoms with Crippen molar-refractivity contribution in [2.75, 3.05) is 23.8 Å². The summed E-state index contributed by atoms with van der Waals surface area (Å²) in [5, 5.41) is 6.07. The van der Waals surface area contributed by atoms with Crippen molar-refractivity contribution in [1.29, 1.82) is 0 Å². The topological polar surface area (TPSA) is 12.0 Å². The van der Waals surface area contributed by atoms with E-state index in [1.54, 1.807) is 0 Å². The van der Waals surface area contributed by atoms with Crippen molar-refractivity contribution in [1.82, 2.24) is 0 Å². The summed E-state index contributed by atoms with van der Waals surface area (Å²) in [6.07, 6.45) is 3.57. The summed E-state index contributed by atoms with van der Waals surface area (Å²) in [6, 6.07) is 14.8. The van der Waals surface area contributed by atoms with Crippen molar-refractivity contribution >= 4 is 40.7 Å². The molecule has 0 aliphatic heterocycles. The molecule has 1 nitrogen and oxygen atoms in total. The number of anilines is 1. The summed E-state index contributed by atoms with van der Waals surface area (Å²) in [7, 11) is -1.15. The first-order chi connectivity index (χ1) is 9.66. The Morgan fingerprint density at radius 1 is 0.950 bits per heavy atom. The molecule has 2 aromatic carbocycles. The van der Waals surface area contributed by atoms with Crippen LogP contribution in [0.5, 0.6) is 0 Å². The van der Waals surface area contributed by atoms with E-state index >= 15 is 0 Å². The highest BCUT2D eigenvalue weighted by atomic mass is 32.1. The Hall–Kier alpha value is -0.980. The second-order valence-corrected chi connectivity index (χ2v) is 10.4. The third-order valence-corrected chi connectivity index (χ3v) is 10.1. The minimum Gasteiger partial charge on any atom is -0.317 e. The first-order valence-electron chi connectivity index (χ1n) is 7.32. The molecule has 0 aliphatic carbocycles. The summed E-state index contributed by atoms with van der Waals surface area (Å²) < 4.78 is 1.08. The van der Waals surface area contributed by atoms with Crippen molar-refractivity contribution in [3.8, 4) is 0 Å². The molecule has 0 fully saturated rings. The first-order valence-corrected chi connectivity index (χ1v) is 10.1. The number of benzene rings is 2. The van der Waals surface area contributed by atoms with E-state index < -0.39 is 7.26 Å². The SMILES string of the molecule is CC[P+](CC)(CC)C(=S)Nc1cccc2ccccc12. The van der Waals surface area contributed by atoms with E-state index in [0.29, 0.717) is 0 Å². The molecular formula is C17H23NPS+. The van der Waals surface area contributed by atoms with Gasteiger partial charge >= 0.3 is 0 Å². The van der Waals surface area contributed by atoms with Crippen LogP contribution in [0.25, 0.3) is 10.8 Å². The Kier molecular flexibility index (Phi) is 5.12. The predicted octanol–water partition coefficient (Wildman–Crippen LogP) is 5.61. The molecule has 0 saturated carbocycles. The Balaban J connectivity index is 2.35. The maximum Gasteiger partial charge on any atom is 0.225 e. The normalized spacial score (nSPS) is 11.6. The third-order valence-electron chi connectivity index (χ3n) is 4.28. The molecule has 0 atom stereocenters. The molecule has 0 saturated heterocycles. The highest BCUT2D eigenvalue weighted by molar-refractivity contribution is 8.07. The lowest BCUT2D eigenvalue weighted by Crippen LogP contribution is -2.19. The van der Waals surface area contributed by atoms with Gasteiger partial charge in [0.05, 0.1) is 25.7 Å². The minimum absolute atomic E-state index is 1.08. The zero-order chi connectivity index (χ0) is 14.6. The monoisotopic (exact) mass is 304 g/mol.